The third-order valence-electron chi connectivity index (χ3n) is 2.19. The highest BCUT2D eigenvalue weighted by Gasteiger charge is 2.20. The second-order valence-electron chi connectivity index (χ2n) is 3.42. The number of aliphatic carboxylic acids is 1. The number of carbonyl (C=O) groups is 1. The molecule has 1 aromatic carbocycles. The Hall–Kier alpha value is -1.77. The number of ether oxygens (including phenoxy) is 1. The Bertz CT molecular complexity index is 509. The van der Waals surface area contributed by atoms with Gasteiger partial charge in [-0.2, -0.15) is 8.78 Å². The van der Waals surface area contributed by atoms with Crippen molar-refractivity contribution in [2.24, 2.45) is 0 Å². The van der Waals surface area contributed by atoms with Crippen LogP contribution in [0.4, 0.5) is 14.5 Å². The molecule has 0 bridgehead atoms. The zero-order chi connectivity index (χ0) is 14.6. The summed E-state index contributed by atoms with van der Waals surface area (Å²) >= 11 is 3.01. The van der Waals surface area contributed by atoms with Crippen molar-refractivity contribution < 1.29 is 28.3 Å². The Balaban J connectivity index is 3.37. The van der Waals surface area contributed by atoms with Crippen molar-refractivity contribution in [2.45, 2.75) is 18.4 Å². The molecule has 0 fully saturated rings. The van der Waals surface area contributed by atoms with Crippen LogP contribution >= 0.6 is 15.9 Å². The largest absolute Gasteiger partial charge is 0.481 e. The molecule has 1 rings (SSSR count). The molecule has 1 N–H and O–H groups in total. The van der Waals surface area contributed by atoms with E-state index in [0.29, 0.717) is 0 Å². The first-order chi connectivity index (χ1) is 8.85. The van der Waals surface area contributed by atoms with Crippen LogP contribution in [0.2, 0.25) is 0 Å². The molecule has 0 aliphatic rings. The van der Waals surface area contributed by atoms with E-state index in [1.165, 1.54) is 0 Å². The predicted molar refractivity (Wildman–Crippen MR) is 63.7 cm³/mol. The van der Waals surface area contributed by atoms with Gasteiger partial charge in [-0.3, -0.25) is 14.9 Å². The summed E-state index contributed by atoms with van der Waals surface area (Å²) in [6.07, 6.45) is -0.526. The molecule has 0 unspecified atom stereocenters. The number of carboxylic acids is 1. The molecule has 19 heavy (non-hydrogen) atoms. The third-order valence-corrected chi connectivity index (χ3v) is 2.75. The van der Waals surface area contributed by atoms with Crippen LogP contribution in [0, 0.1) is 10.1 Å². The maximum Gasteiger partial charge on any atom is 0.387 e. The van der Waals surface area contributed by atoms with Crippen molar-refractivity contribution in [3.05, 3.63) is 33.4 Å². The van der Waals surface area contributed by atoms with Crippen LogP contribution in [0.1, 0.15) is 11.1 Å². The minimum Gasteiger partial charge on any atom is -0.481 e. The van der Waals surface area contributed by atoms with E-state index in [0.717, 1.165) is 12.1 Å². The van der Waals surface area contributed by atoms with E-state index in [1.807, 2.05) is 0 Å². The molecule has 0 saturated heterocycles. The van der Waals surface area contributed by atoms with Crippen LogP contribution in [0.25, 0.3) is 0 Å². The highest BCUT2D eigenvalue weighted by atomic mass is 79.9. The highest BCUT2D eigenvalue weighted by Crippen LogP contribution is 2.32. The first-order valence-corrected chi connectivity index (χ1v) is 6.00. The van der Waals surface area contributed by atoms with Crippen LogP contribution in [-0.2, 0) is 16.5 Å². The van der Waals surface area contributed by atoms with Crippen molar-refractivity contribution in [2.75, 3.05) is 0 Å². The highest BCUT2D eigenvalue weighted by molar-refractivity contribution is 9.08. The molecule has 104 valence electrons. The molecular weight excluding hydrogens is 332 g/mol. The molecule has 0 atom stereocenters. The summed E-state index contributed by atoms with van der Waals surface area (Å²) in [5.41, 5.74) is -0.306. The fourth-order valence-electron chi connectivity index (χ4n) is 1.47. The fourth-order valence-corrected chi connectivity index (χ4v) is 2.10. The lowest BCUT2D eigenvalue weighted by molar-refractivity contribution is -0.385. The number of halogens is 3. The van der Waals surface area contributed by atoms with E-state index < -0.39 is 35.4 Å². The molecule has 9 heteroatoms. The smallest absolute Gasteiger partial charge is 0.387 e. The zero-order valence-corrected chi connectivity index (χ0v) is 10.9. The summed E-state index contributed by atoms with van der Waals surface area (Å²) in [6, 6.07) is 1.87. The lowest BCUT2D eigenvalue weighted by atomic mass is 10.0. The molecule has 0 saturated carbocycles. The van der Waals surface area contributed by atoms with Gasteiger partial charge >= 0.3 is 12.6 Å². The molecule has 0 amide bonds. The Labute approximate surface area is 114 Å². The molecule has 6 nitrogen and oxygen atoms in total. The predicted octanol–water partition coefficient (Wildman–Crippen LogP) is 2.72. The van der Waals surface area contributed by atoms with Crippen molar-refractivity contribution in [3.8, 4) is 5.75 Å². The van der Waals surface area contributed by atoms with Gasteiger partial charge in [0.25, 0.3) is 5.69 Å². The van der Waals surface area contributed by atoms with Crippen molar-refractivity contribution in [3.63, 3.8) is 0 Å². The van der Waals surface area contributed by atoms with E-state index in [-0.39, 0.29) is 16.5 Å². The van der Waals surface area contributed by atoms with Gasteiger partial charge in [0, 0.05) is 17.0 Å². The van der Waals surface area contributed by atoms with Gasteiger partial charge in [-0.15, -0.1) is 0 Å². The van der Waals surface area contributed by atoms with E-state index in [2.05, 4.69) is 20.7 Å². The van der Waals surface area contributed by atoms with E-state index in [9.17, 15) is 23.7 Å². The molecule has 0 radical (unpaired) electrons. The van der Waals surface area contributed by atoms with E-state index in [4.69, 9.17) is 5.11 Å². The quantitative estimate of drug-likeness (QED) is 0.489. The molecular formula is C10H8BrF2NO5. The zero-order valence-electron chi connectivity index (χ0n) is 9.31. The first kappa shape index (κ1) is 15.3. The molecule has 0 spiro atoms. The summed E-state index contributed by atoms with van der Waals surface area (Å²) in [5, 5.41) is 19.4. The van der Waals surface area contributed by atoms with Crippen LogP contribution in [0.5, 0.6) is 5.75 Å². The van der Waals surface area contributed by atoms with Crippen LogP contribution < -0.4 is 4.74 Å². The summed E-state index contributed by atoms with van der Waals surface area (Å²) in [4.78, 5) is 20.6. The first-order valence-electron chi connectivity index (χ1n) is 4.88. The molecule has 0 aliphatic carbocycles. The van der Waals surface area contributed by atoms with Gasteiger partial charge in [0.05, 0.1) is 17.4 Å². The number of hydrogen-bond donors (Lipinski definition) is 1. The average molecular weight is 340 g/mol. The summed E-state index contributed by atoms with van der Waals surface area (Å²) < 4.78 is 28.7. The van der Waals surface area contributed by atoms with Gasteiger partial charge < -0.3 is 9.84 Å². The normalized spacial score (nSPS) is 10.5. The number of nitro benzene ring substituents is 1. The van der Waals surface area contributed by atoms with Gasteiger partial charge in [-0.25, -0.2) is 0 Å². The Kier molecular flexibility index (Phi) is 5.16. The van der Waals surface area contributed by atoms with Gasteiger partial charge in [0.15, 0.2) is 0 Å². The van der Waals surface area contributed by atoms with Crippen molar-refractivity contribution in [1.82, 2.24) is 0 Å². The maximum absolute atomic E-state index is 12.2. The summed E-state index contributed by atoms with van der Waals surface area (Å²) in [6.45, 7) is -3.16. The van der Waals surface area contributed by atoms with E-state index >= 15 is 0 Å². The summed E-state index contributed by atoms with van der Waals surface area (Å²) in [5.74, 6) is -1.64. The standard InChI is InChI=1S/C10H8BrF2NO5/c11-4-7-5(2-9(15)16)1-6(14(17)18)3-8(7)19-10(12)13/h1,3,10H,2,4H2,(H,15,16). The number of nitro groups is 1. The average Bonchev–Trinajstić information content (AvgIpc) is 2.26. The number of rotatable bonds is 6. The second-order valence-corrected chi connectivity index (χ2v) is 3.98. The Morgan fingerprint density at radius 2 is 2.16 bits per heavy atom. The van der Waals surface area contributed by atoms with Crippen molar-refractivity contribution in [1.29, 1.82) is 0 Å². The lowest BCUT2D eigenvalue weighted by Crippen LogP contribution is -2.09. The Morgan fingerprint density at radius 1 is 1.53 bits per heavy atom. The number of carboxylic acid groups (broad SMARTS) is 1. The number of hydrogen-bond acceptors (Lipinski definition) is 4. The number of benzene rings is 1. The molecule has 0 aliphatic heterocycles. The minimum atomic E-state index is -3.16. The maximum atomic E-state index is 12.2. The van der Waals surface area contributed by atoms with Crippen LogP contribution in [-0.4, -0.2) is 22.6 Å². The number of alkyl halides is 3. The monoisotopic (exact) mass is 339 g/mol. The number of nitrogens with zero attached hydrogens (tertiary/aromatic N) is 1. The minimum absolute atomic E-state index is 0.0374. The number of non-ortho nitro benzene ring substituents is 1. The topological polar surface area (TPSA) is 89.7 Å². The van der Waals surface area contributed by atoms with Gasteiger partial charge in [0.1, 0.15) is 5.75 Å². The van der Waals surface area contributed by atoms with Gasteiger partial charge in [-0.1, -0.05) is 15.9 Å². The summed E-state index contributed by atoms with van der Waals surface area (Å²) in [7, 11) is 0. The Morgan fingerprint density at radius 3 is 2.58 bits per heavy atom. The van der Waals surface area contributed by atoms with Gasteiger partial charge in [-0.05, 0) is 5.56 Å². The molecule has 0 aromatic heterocycles. The van der Waals surface area contributed by atoms with Crippen molar-refractivity contribution >= 4 is 27.6 Å². The van der Waals surface area contributed by atoms with E-state index in [1.54, 1.807) is 0 Å². The SMILES string of the molecule is O=C(O)Cc1cc([N+](=O)[O-])cc(OC(F)F)c1CBr. The lowest BCUT2D eigenvalue weighted by Gasteiger charge is -2.12. The second kappa shape index (κ2) is 6.41. The van der Waals surface area contributed by atoms with Crippen LogP contribution in [0.15, 0.2) is 12.1 Å². The fraction of sp³-hybridized carbons (Fsp3) is 0.300. The molecule has 0 heterocycles. The van der Waals surface area contributed by atoms with Crippen LogP contribution in [0.3, 0.4) is 0 Å². The molecule has 1 aromatic rings. The van der Waals surface area contributed by atoms with Gasteiger partial charge in [0.2, 0.25) is 0 Å². The third kappa shape index (κ3) is 4.12.